The lowest BCUT2D eigenvalue weighted by Crippen LogP contribution is -2.31. The maximum Gasteiger partial charge on any atom is 0.168 e. The molecule has 1 rings (SSSR count). The topological polar surface area (TPSA) is 21.7 Å². The fraction of sp³-hybridized carbons (Fsp3) is 0.953. The van der Waals surface area contributed by atoms with Crippen molar-refractivity contribution in [2.24, 2.45) is 5.92 Å². The standard InChI is InChI=1S/C43H85NO2/c1-6-8-10-12-14-15-16-17-18-19-20-21-22-24-28-32-37-43(45-40-42(46-43)36-39-44(4)5)38-33-29-25-23-27-31-35-41(3)34-30-26-13-11-9-7-2/h26,30,41-42H,6-25,27-29,31-40H2,1-5H3/b30-26-. The zero-order valence-electron chi connectivity index (χ0n) is 32.4. The minimum Gasteiger partial charge on any atom is -0.347 e. The molecule has 0 aromatic carbocycles. The molecule has 0 saturated carbocycles. The van der Waals surface area contributed by atoms with Crippen LogP contribution >= 0.6 is 0 Å². The van der Waals surface area contributed by atoms with Gasteiger partial charge in [-0.15, -0.1) is 0 Å². The number of unbranched alkanes of at least 4 members (excludes halogenated alkanes) is 23. The molecule has 1 heterocycles. The van der Waals surface area contributed by atoms with Crippen LogP contribution in [-0.2, 0) is 9.47 Å². The Bertz CT molecular complexity index is 649. The molecule has 0 aromatic rings. The van der Waals surface area contributed by atoms with Crippen molar-refractivity contribution in [3.8, 4) is 0 Å². The minimum absolute atomic E-state index is 0.275. The van der Waals surface area contributed by atoms with Crippen molar-refractivity contribution in [3.63, 3.8) is 0 Å². The summed E-state index contributed by atoms with van der Waals surface area (Å²) < 4.78 is 13.2. The van der Waals surface area contributed by atoms with Gasteiger partial charge >= 0.3 is 0 Å². The minimum atomic E-state index is -0.299. The Hall–Kier alpha value is -0.380. The number of ether oxygens (including phenoxy) is 2. The molecule has 0 radical (unpaired) electrons. The molecule has 0 aromatic heterocycles. The Morgan fingerprint density at radius 1 is 0.609 bits per heavy atom. The van der Waals surface area contributed by atoms with Gasteiger partial charge in [0.2, 0.25) is 0 Å². The van der Waals surface area contributed by atoms with Gasteiger partial charge < -0.3 is 14.4 Å². The number of hydrogen-bond acceptors (Lipinski definition) is 3. The van der Waals surface area contributed by atoms with Gasteiger partial charge in [0.15, 0.2) is 5.79 Å². The Morgan fingerprint density at radius 2 is 1.07 bits per heavy atom. The SMILES string of the molecule is CCCCC/C=C\CC(C)CCCCCCCCC1(CCCCCCCCCCCCCCCCCC)OCC(CCN(C)C)O1. The molecule has 3 heteroatoms. The number of hydrogen-bond donors (Lipinski definition) is 0. The van der Waals surface area contributed by atoms with Crippen molar-refractivity contribution in [2.75, 3.05) is 27.2 Å². The normalized spacial score (nSPS) is 19.2. The molecule has 3 atom stereocenters. The first-order valence-electron chi connectivity index (χ1n) is 21.1. The van der Waals surface area contributed by atoms with E-state index in [1.807, 2.05) is 0 Å². The summed E-state index contributed by atoms with van der Waals surface area (Å²) in [5, 5.41) is 0. The predicted octanol–water partition coefficient (Wildman–Crippen LogP) is 14.0. The highest BCUT2D eigenvalue weighted by atomic mass is 16.7. The molecule has 3 unspecified atom stereocenters. The smallest absolute Gasteiger partial charge is 0.168 e. The lowest BCUT2D eigenvalue weighted by atomic mass is 9.97. The van der Waals surface area contributed by atoms with E-state index in [4.69, 9.17) is 9.47 Å². The van der Waals surface area contributed by atoms with Crippen LogP contribution in [0.2, 0.25) is 0 Å². The van der Waals surface area contributed by atoms with E-state index in [-0.39, 0.29) is 11.9 Å². The Morgan fingerprint density at radius 3 is 1.57 bits per heavy atom. The van der Waals surface area contributed by atoms with E-state index >= 15 is 0 Å². The molecule has 46 heavy (non-hydrogen) atoms. The van der Waals surface area contributed by atoms with E-state index in [1.165, 1.54) is 180 Å². The first kappa shape index (κ1) is 43.6. The molecule has 3 nitrogen and oxygen atoms in total. The van der Waals surface area contributed by atoms with E-state index in [1.54, 1.807) is 0 Å². The average molecular weight is 648 g/mol. The second-order valence-corrected chi connectivity index (χ2v) is 15.6. The van der Waals surface area contributed by atoms with Crippen LogP contribution in [0.15, 0.2) is 12.2 Å². The molecule has 0 aliphatic carbocycles. The van der Waals surface area contributed by atoms with Gasteiger partial charge in [-0.25, -0.2) is 0 Å². The molecule has 1 aliphatic heterocycles. The summed E-state index contributed by atoms with van der Waals surface area (Å²) in [4.78, 5) is 2.27. The first-order valence-corrected chi connectivity index (χ1v) is 21.1. The lowest BCUT2D eigenvalue weighted by Gasteiger charge is -2.29. The Labute approximate surface area is 290 Å². The van der Waals surface area contributed by atoms with Crippen LogP contribution in [0.4, 0.5) is 0 Å². The predicted molar refractivity (Wildman–Crippen MR) is 205 cm³/mol. The second kappa shape index (κ2) is 31.9. The second-order valence-electron chi connectivity index (χ2n) is 15.6. The van der Waals surface area contributed by atoms with E-state index in [0.29, 0.717) is 0 Å². The van der Waals surface area contributed by atoms with Gasteiger partial charge in [0.05, 0.1) is 12.7 Å². The van der Waals surface area contributed by atoms with E-state index in [2.05, 4.69) is 51.9 Å². The fourth-order valence-corrected chi connectivity index (χ4v) is 7.16. The van der Waals surface area contributed by atoms with Gasteiger partial charge in [-0.05, 0) is 58.5 Å². The van der Waals surface area contributed by atoms with Crippen molar-refractivity contribution in [1.29, 1.82) is 0 Å². The molecule has 0 amide bonds. The summed E-state index contributed by atoms with van der Waals surface area (Å²) in [7, 11) is 4.32. The van der Waals surface area contributed by atoms with E-state index < -0.39 is 0 Å². The molecule has 274 valence electrons. The van der Waals surface area contributed by atoms with Crippen LogP contribution in [0.1, 0.15) is 220 Å². The highest BCUT2D eigenvalue weighted by molar-refractivity contribution is 4.83. The molecular weight excluding hydrogens is 562 g/mol. The maximum absolute atomic E-state index is 6.70. The molecule has 0 N–H and O–H groups in total. The van der Waals surface area contributed by atoms with Gasteiger partial charge in [0.1, 0.15) is 0 Å². The lowest BCUT2D eigenvalue weighted by molar-refractivity contribution is -0.180. The van der Waals surface area contributed by atoms with Crippen LogP contribution < -0.4 is 0 Å². The first-order chi connectivity index (χ1) is 22.5. The van der Waals surface area contributed by atoms with Crippen LogP contribution in [0.3, 0.4) is 0 Å². The summed E-state index contributed by atoms with van der Waals surface area (Å²) in [6.07, 6.45) is 47.2. The summed E-state index contributed by atoms with van der Waals surface area (Å²) in [6.45, 7) is 8.89. The molecule has 0 bridgehead atoms. The number of rotatable bonds is 35. The Kier molecular flexibility index (Phi) is 30.2. The van der Waals surface area contributed by atoms with Crippen molar-refractivity contribution in [2.45, 2.75) is 232 Å². The number of allylic oxidation sites excluding steroid dienone is 2. The van der Waals surface area contributed by atoms with Crippen LogP contribution in [0, 0.1) is 5.92 Å². The van der Waals surface area contributed by atoms with Gasteiger partial charge in [-0.1, -0.05) is 181 Å². The van der Waals surface area contributed by atoms with E-state index in [0.717, 1.165) is 38.3 Å². The molecule has 1 fully saturated rings. The number of nitrogens with zero attached hydrogens (tertiary/aromatic N) is 1. The zero-order chi connectivity index (χ0) is 33.4. The van der Waals surface area contributed by atoms with Gasteiger partial charge in [-0.2, -0.15) is 0 Å². The monoisotopic (exact) mass is 648 g/mol. The van der Waals surface area contributed by atoms with Gasteiger partial charge in [0.25, 0.3) is 0 Å². The highest BCUT2D eigenvalue weighted by Gasteiger charge is 2.40. The van der Waals surface area contributed by atoms with Crippen LogP contribution in [-0.4, -0.2) is 44.0 Å². The van der Waals surface area contributed by atoms with Crippen molar-refractivity contribution in [1.82, 2.24) is 4.90 Å². The third-order valence-corrected chi connectivity index (χ3v) is 10.4. The fourth-order valence-electron chi connectivity index (χ4n) is 7.16. The largest absolute Gasteiger partial charge is 0.347 e. The zero-order valence-corrected chi connectivity index (χ0v) is 32.4. The summed E-state index contributed by atoms with van der Waals surface area (Å²) in [5.74, 6) is 0.538. The van der Waals surface area contributed by atoms with E-state index in [9.17, 15) is 0 Å². The maximum atomic E-state index is 6.70. The van der Waals surface area contributed by atoms with Gasteiger partial charge in [0, 0.05) is 19.4 Å². The van der Waals surface area contributed by atoms with Crippen LogP contribution in [0.25, 0.3) is 0 Å². The van der Waals surface area contributed by atoms with Gasteiger partial charge in [-0.3, -0.25) is 0 Å². The van der Waals surface area contributed by atoms with Crippen molar-refractivity contribution >= 4 is 0 Å². The quantitative estimate of drug-likeness (QED) is 0.0504. The average Bonchev–Trinajstić information content (AvgIpc) is 3.45. The summed E-state index contributed by atoms with van der Waals surface area (Å²) in [6, 6.07) is 0. The third-order valence-electron chi connectivity index (χ3n) is 10.4. The highest BCUT2D eigenvalue weighted by Crippen LogP contribution is 2.35. The molecule has 1 saturated heterocycles. The Balaban J connectivity index is 2.14. The molecule has 1 aliphatic rings. The summed E-state index contributed by atoms with van der Waals surface area (Å²) in [5.41, 5.74) is 0. The third kappa shape index (κ3) is 26.6. The molecule has 0 spiro atoms. The summed E-state index contributed by atoms with van der Waals surface area (Å²) >= 11 is 0. The molecular formula is C43H85NO2. The van der Waals surface area contributed by atoms with Crippen molar-refractivity contribution in [3.05, 3.63) is 12.2 Å². The van der Waals surface area contributed by atoms with Crippen LogP contribution in [0.5, 0.6) is 0 Å². The van der Waals surface area contributed by atoms with Crippen molar-refractivity contribution < 1.29 is 9.47 Å².